The Hall–Kier alpha value is -0.470. The Balaban J connectivity index is 2.50. The van der Waals surface area contributed by atoms with Gasteiger partial charge in [0.1, 0.15) is 0 Å². The molecule has 0 atom stereocenters. The standard InChI is InChI=1S/C14H22BrNO4S/c1-11(2)5-7-20-8-6-16-21(18,19)14-4-3-12(10-17)9-13(14)15/h3-4,9,11,16-17H,5-8,10H2,1-2H3. The van der Waals surface area contributed by atoms with Gasteiger partial charge in [-0.2, -0.15) is 0 Å². The van der Waals surface area contributed by atoms with Crippen molar-refractivity contribution in [2.75, 3.05) is 19.8 Å². The maximum atomic E-state index is 12.1. The van der Waals surface area contributed by atoms with Gasteiger partial charge in [0.25, 0.3) is 0 Å². The maximum absolute atomic E-state index is 12.1. The summed E-state index contributed by atoms with van der Waals surface area (Å²) in [6.07, 6.45) is 0.959. The number of ether oxygens (including phenoxy) is 1. The van der Waals surface area contributed by atoms with Gasteiger partial charge >= 0.3 is 0 Å². The van der Waals surface area contributed by atoms with Crippen LogP contribution in [0.15, 0.2) is 27.6 Å². The van der Waals surface area contributed by atoms with E-state index in [1.165, 1.54) is 6.07 Å². The molecule has 1 aromatic carbocycles. The summed E-state index contributed by atoms with van der Waals surface area (Å²) in [6.45, 7) is 5.30. The molecule has 0 aliphatic rings. The van der Waals surface area contributed by atoms with Crippen molar-refractivity contribution >= 4 is 26.0 Å². The van der Waals surface area contributed by atoms with E-state index in [0.29, 0.717) is 29.2 Å². The van der Waals surface area contributed by atoms with Crippen molar-refractivity contribution in [3.63, 3.8) is 0 Å². The van der Waals surface area contributed by atoms with Crippen LogP contribution in [0.2, 0.25) is 0 Å². The van der Waals surface area contributed by atoms with Gasteiger partial charge in [-0.05, 0) is 46.0 Å². The molecule has 2 N–H and O–H groups in total. The molecule has 1 aromatic rings. The Morgan fingerprint density at radius 2 is 2.05 bits per heavy atom. The minimum Gasteiger partial charge on any atom is -0.392 e. The monoisotopic (exact) mass is 379 g/mol. The van der Waals surface area contributed by atoms with Crippen LogP contribution in [0.4, 0.5) is 0 Å². The average molecular weight is 380 g/mol. The van der Waals surface area contributed by atoms with Crippen molar-refractivity contribution in [1.29, 1.82) is 0 Å². The Kier molecular flexibility index (Phi) is 7.83. The van der Waals surface area contributed by atoms with Crippen LogP contribution >= 0.6 is 15.9 Å². The van der Waals surface area contributed by atoms with Crippen LogP contribution in [0.1, 0.15) is 25.8 Å². The number of hydrogen-bond acceptors (Lipinski definition) is 4. The predicted octanol–water partition coefficient (Wildman–Crippen LogP) is 2.28. The highest BCUT2D eigenvalue weighted by atomic mass is 79.9. The van der Waals surface area contributed by atoms with Gasteiger partial charge in [-0.1, -0.05) is 19.9 Å². The van der Waals surface area contributed by atoms with Crippen molar-refractivity contribution in [1.82, 2.24) is 4.72 Å². The number of sulfonamides is 1. The van der Waals surface area contributed by atoms with Gasteiger partial charge in [0.05, 0.1) is 18.1 Å². The van der Waals surface area contributed by atoms with Gasteiger partial charge in [0.15, 0.2) is 0 Å². The lowest BCUT2D eigenvalue weighted by atomic mass is 10.1. The van der Waals surface area contributed by atoms with Crippen molar-refractivity contribution in [2.45, 2.75) is 31.8 Å². The van der Waals surface area contributed by atoms with Crippen LogP contribution in [-0.4, -0.2) is 33.3 Å². The van der Waals surface area contributed by atoms with Crippen molar-refractivity contribution in [3.8, 4) is 0 Å². The topological polar surface area (TPSA) is 75.6 Å². The molecule has 0 aromatic heterocycles. The second kappa shape index (κ2) is 8.85. The van der Waals surface area contributed by atoms with Crippen molar-refractivity contribution in [2.24, 2.45) is 5.92 Å². The molecule has 0 heterocycles. The molecule has 0 aliphatic carbocycles. The van der Waals surface area contributed by atoms with E-state index in [0.717, 1.165) is 6.42 Å². The van der Waals surface area contributed by atoms with E-state index >= 15 is 0 Å². The molecule has 0 saturated carbocycles. The number of aliphatic hydroxyl groups excluding tert-OH is 1. The number of benzene rings is 1. The van der Waals surface area contributed by atoms with Crippen molar-refractivity contribution in [3.05, 3.63) is 28.2 Å². The minimum absolute atomic E-state index is 0.129. The quantitative estimate of drug-likeness (QED) is 0.645. The summed E-state index contributed by atoms with van der Waals surface area (Å²) in [5, 5.41) is 9.02. The molecule has 0 amide bonds. The normalized spacial score (nSPS) is 12.0. The molecule has 0 aliphatic heterocycles. The van der Waals surface area contributed by atoms with Crippen LogP contribution in [0, 0.1) is 5.92 Å². The average Bonchev–Trinajstić information content (AvgIpc) is 2.41. The first-order valence-corrected chi connectivity index (χ1v) is 9.11. The third kappa shape index (κ3) is 6.44. The van der Waals surface area contributed by atoms with Crippen LogP contribution in [0.5, 0.6) is 0 Å². The second-order valence-corrected chi connectivity index (χ2v) is 7.71. The summed E-state index contributed by atoms with van der Waals surface area (Å²) in [5.41, 5.74) is 0.651. The van der Waals surface area contributed by atoms with Gasteiger partial charge in [0, 0.05) is 17.6 Å². The predicted molar refractivity (Wildman–Crippen MR) is 85.5 cm³/mol. The lowest BCUT2D eigenvalue weighted by Gasteiger charge is -2.10. The highest BCUT2D eigenvalue weighted by Gasteiger charge is 2.17. The molecule has 0 saturated heterocycles. The number of rotatable bonds is 9. The summed E-state index contributed by atoms with van der Waals surface area (Å²) in [4.78, 5) is 0.155. The zero-order valence-electron chi connectivity index (χ0n) is 12.3. The van der Waals surface area contributed by atoms with Crippen molar-refractivity contribution < 1.29 is 18.3 Å². The number of halogens is 1. The summed E-state index contributed by atoms with van der Waals surface area (Å²) in [6, 6.07) is 4.64. The zero-order chi connectivity index (χ0) is 15.9. The molecule has 21 heavy (non-hydrogen) atoms. The van der Waals surface area contributed by atoms with Gasteiger partial charge in [0.2, 0.25) is 10.0 Å². The summed E-state index contributed by atoms with van der Waals surface area (Å²) < 4.78 is 32.6. The molecule has 7 heteroatoms. The largest absolute Gasteiger partial charge is 0.392 e. The minimum atomic E-state index is -3.58. The van der Waals surface area contributed by atoms with E-state index in [1.54, 1.807) is 12.1 Å². The first-order valence-electron chi connectivity index (χ1n) is 6.83. The number of aliphatic hydroxyl groups is 1. The fourth-order valence-corrected chi connectivity index (χ4v) is 3.74. The first-order chi connectivity index (χ1) is 9.86. The fourth-order valence-electron chi connectivity index (χ4n) is 1.61. The lowest BCUT2D eigenvalue weighted by Crippen LogP contribution is -2.28. The van der Waals surface area contributed by atoms with Gasteiger partial charge in [-0.25, -0.2) is 13.1 Å². The summed E-state index contributed by atoms with van der Waals surface area (Å²) in [7, 11) is -3.58. The van der Waals surface area contributed by atoms with Crippen LogP contribution in [-0.2, 0) is 21.4 Å². The summed E-state index contributed by atoms with van der Waals surface area (Å²) >= 11 is 3.21. The first kappa shape index (κ1) is 18.6. The van der Waals surface area contributed by atoms with Crippen LogP contribution in [0.25, 0.3) is 0 Å². The third-order valence-electron chi connectivity index (χ3n) is 2.85. The van der Waals surface area contributed by atoms with Gasteiger partial charge < -0.3 is 9.84 Å². The van der Waals surface area contributed by atoms with E-state index in [-0.39, 0.29) is 18.0 Å². The Labute approximate surface area is 134 Å². The molecule has 1 rings (SSSR count). The molecule has 0 spiro atoms. The Morgan fingerprint density at radius 1 is 1.33 bits per heavy atom. The molecular formula is C14H22BrNO4S. The molecule has 0 bridgehead atoms. The van der Waals surface area contributed by atoms with Gasteiger partial charge in [-0.3, -0.25) is 0 Å². The molecule has 0 radical (unpaired) electrons. The number of hydrogen-bond donors (Lipinski definition) is 2. The lowest BCUT2D eigenvalue weighted by molar-refractivity contribution is 0.128. The smallest absolute Gasteiger partial charge is 0.241 e. The molecule has 120 valence electrons. The fraction of sp³-hybridized carbons (Fsp3) is 0.571. The van der Waals surface area contributed by atoms with E-state index in [9.17, 15) is 8.42 Å². The van der Waals surface area contributed by atoms with Crippen LogP contribution < -0.4 is 4.72 Å². The second-order valence-electron chi connectivity index (χ2n) is 5.12. The van der Waals surface area contributed by atoms with Gasteiger partial charge in [-0.15, -0.1) is 0 Å². The zero-order valence-corrected chi connectivity index (χ0v) is 14.7. The maximum Gasteiger partial charge on any atom is 0.241 e. The van der Waals surface area contributed by atoms with E-state index in [1.807, 2.05) is 0 Å². The number of nitrogens with one attached hydrogen (secondary N) is 1. The summed E-state index contributed by atoms with van der Waals surface area (Å²) in [5.74, 6) is 0.572. The van der Waals surface area contributed by atoms with E-state index in [4.69, 9.17) is 9.84 Å². The molecule has 5 nitrogen and oxygen atoms in total. The Bertz CT molecular complexity index is 546. The molecular weight excluding hydrogens is 358 g/mol. The molecule has 0 unspecified atom stereocenters. The van der Waals surface area contributed by atoms with E-state index < -0.39 is 10.0 Å². The van der Waals surface area contributed by atoms with Crippen LogP contribution in [0.3, 0.4) is 0 Å². The SMILES string of the molecule is CC(C)CCOCCNS(=O)(=O)c1ccc(CO)cc1Br. The highest BCUT2D eigenvalue weighted by Crippen LogP contribution is 2.23. The highest BCUT2D eigenvalue weighted by molar-refractivity contribution is 9.10. The molecule has 0 fully saturated rings. The third-order valence-corrected chi connectivity index (χ3v) is 5.28. The Morgan fingerprint density at radius 3 is 2.62 bits per heavy atom. The van der Waals surface area contributed by atoms with E-state index in [2.05, 4.69) is 34.5 Å².